The van der Waals surface area contributed by atoms with Crippen molar-refractivity contribution >= 4 is 24.8 Å². The molecule has 120 valence electrons. The van der Waals surface area contributed by atoms with Crippen LogP contribution in [-0.4, -0.2) is 48.7 Å². The van der Waals surface area contributed by atoms with E-state index in [1.165, 1.54) is 44.5 Å². The fraction of sp³-hybridized carbons (Fsp3) is 0.625. The summed E-state index contributed by atoms with van der Waals surface area (Å²) < 4.78 is 0. The van der Waals surface area contributed by atoms with Crippen molar-refractivity contribution in [1.29, 1.82) is 0 Å². The Kier molecular flexibility index (Phi) is 8.60. The van der Waals surface area contributed by atoms with Crippen molar-refractivity contribution in [2.75, 3.05) is 32.7 Å². The van der Waals surface area contributed by atoms with Gasteiger partial charge in [-0.3, -0.25) is 9.80 Å². The number of piperazine rings is 1. The zero-order valence-electron chi connectivity index (χ0n) is 12.5. The molecule has 0 aliphatic carbocycles. The van der Waals surface area contributed by atoms with Gasteiger partial charge in [-0.15, -0.1) is 24.8 Å². The molecule has 0 saturated carbocycles. The van der Waals surface area contributed by atoms with Crippen LogP contribution in [-0.2, 0) is 6.54 Å². The van der Waals surface area contributed by atoms with Gasteiger partial charge in [-0.2, -0.15) is 0 Å². The minimum absolute atomic E-state index is 0. The molecule has 2 fully saturated rings. The van der Waals surface area contributed by atoms with E-state index in [0.29, 0.717) is 6.17 Å². The molecule has 1 unspecified atom stereocenters. The van der Waals surface area contributed by atoms with Crippen molar-refractivity contribution in [2.24, 2.45) is 0 Å². The molecule has 21 heavy (non-hydrogen) atoms. The largest absolute Gasteiger partial charge is 0.314 e. The van der Waals surface area contributed by atoms with Crippen molar-refractivity contribution in [3.05, 3.63) is 35.9 Å². The number of nitrogens with zero attached hydrogens (tertiary/aromatic N) is 2. The Morgan fingerprint density at radius 3 is 2.38 bits per heavy atom. The van der Waals surface area contributed by atoms with Gasteiger partial charge < -0.3 is 5.32 Å². The molecule has 2 saturated heterocycles. The standard InChI is InChI=1S/C16H25N3.2ClH/c1-2-6-15(7-3-1)14-19-11-5-4-8-16(19)18-12-9-17-10-13-18;;/h1-3,6-7,16-17H,4-5,8-14H2;2*1H. The van der Waals surface area contributed by atoms with Gasteiger partial charge in [-0.1, -0.05) is 30.3 Å². The summed E-state index contributed by atoms with van der Waals surface area (Å²) in [7, 11) is 0. The molecule has 5 heteroatoms. The summed E-state index contributed by atoms with van der Waals surface area (Å²) in [6, 6.07) is 10.9. The van der Waals surface area contributed by atoms with Gasteiger partial charge in [-0.05, 0) is 31.4 Å². The highest BCUT2D eigenvalue weighted by molar-refractivity contribution is 5.85. The second-order valence-electron chi connectivity index (χ2n) is 5.72. The monoisotopic (exact) mass is 331 g/mol. The normalized spacial score (nSPS) is 23.9. The molecule has 1 N–H and O–H groups in total. The third-order valence-electron chi connectivity index (χ3n) is 4.38. The molecule has 2 aliphatic rings. The van der Waals surface area contributed by atoms with E-state index in [1.54, 1.807) is 0 Å². The summed E-state index contributed by atoms with van der Waals surface area (Å²) in [5, 5.41) is 3.46. The predicted octanol–water partition coefficient (Wildman–Crippen LogP) is 2.75. The molecule has 0 radical (unpaired) electrons. The predicted molar refractivity (Wildman–Crippen MR) is 93.4 cm³/mol. The van der Waals surface area contributed by atoms with Crippen molar-refractivity contribution in [3.8, 4) is 0 Å². The smallest absolute Gasteiger partial charge is 0.0626 e. The van der Waals surface area contributed by atoms with Gasteiger partial charge in [0.1, 0.15) is 0 Å². The first-order valence-electron chi connectivity index (χ1n) is 7.66. The van der Waals surface area contributed by atoms with Gasteiger partial charge >= 0.3 is 0 Å². The Morgan fingerprint density at radius 1 is 0.952 bits per heavy atom. The Labute approximate surface area is 140 Å². The fourth-order valence-electron chi connectivity index (χ4n) is 3.37. The lowest BCUT2D eigenvalue weighted by molar-refractivity contribution is 0.00150. The summed E-state index contributed by atoms with van der Waals surface area (Å²) in [6.07, 6.45) is 4.75. The lowest BCUT2D eigenvalue weighted by Gasteiger charge is -2.44. The highest BCUT2D eigenvalue weighted by Gasteiger charge is 2.28. The van der Waals surface area contributed by atoms with Crippen molar-refractivity contribution in [2.45, 2.75) is 32.0 Å². The van der Waals surface area contributed by atoms with Crippen LogP contribution >= 0.6 is 24.8 Å². The number of hydrogen-bond acceptors (Lipinski definition) is 3. The van der Waals surface area contributed by atoms with Gasteiger partial charge in [0.15, 0.2) is 0 Å². The number of benzene rings is 1. The van der Waals surface area contributed by atoms with Crippen LogP contribution in [0.15, 0.2) is 30.3 Å². The molecule has 1 aromatic rings. The van der Waals surface area contributed by atoms with E-state index in [1.807, 2.05) is 0 Å². The number of rotatable bonds is 3. The Bertz CT molecular complexity index is 382. The van der Waals surface area contributed by atoms with Gasteiger partial charge in [0.05, 0.1) is 6.17 Å². The third-order valence-corrected chi connectivity index (χ3v) is 4.38. The minimum Gasteiger partial charge on any atom is -0.314 e. The maximum absolute atomic E-state index is 3.46. The van der Waals surface area contributed by atoms with Gasteiger partial charge in [0.2, 0.25) is 0 Å². The molecular formula is C16H27Cl2N3. The SMILES string of the molecule is Cl.Cl.c1ccc(CN2CCCCC2N2CCNCC2)cc1. The van der Waals surface area contributed by atoms with Crippen LogP contribution in [0.5, 0.6) is 0 Å². The Hall–Kier alpha value is -0.320. The molecular weight excluding hydrogens is 305 g/mol. The summed E-state index contributed by atoms with van der Waals surface area (Å²) in [5.74, 6) is 0. The number of halogens is 2. The zero-order chi connectivity index (χ0) is 12.9. The first-order valence-corrected chi connectivity index (χ1v) is 7.66. The molecule has 0 bridgehead atoms. The van der Waals surface area contributed by atoms with Crippen LogP contribution in [0.1, 0.15) is 24.8 Å². The maximum Gasteiger partial charge on any atom is 0.0626 e. The maximum atomic E-state index is 3.46. The van der Waals surface area contributed by atoms with E-state index in [-0.39, 0.29) is 24.8 Å². The number of likely N-dealkylation sites (tertiary alicyclic amines) is 1. The first-order chi connectivity index (χ1) is 9.43. The van der Waals surface area contributed by atoms with Gasteiger partial charge in [-0.25, -0.2) is 0 Å². The lowest BCUT2D eigenvalue weighted by atomic mass is 10.0. The quantitative estimate of drug-likeness (QED) is 0.918. The topological polar surface area (TPSA) is 18.5 Å². The molecule has 2 aliphatic heterocycles. The van der Waals surface area contributed by atoms with Crippen LogP contribution in [0.25, 0.3) is 0 Å². The van der Waals surface area contributed by atoms with Crippen molar-refractivity contribution in [1.82, 2.24) is 15.1 Å². The van der Waals surface area contributed by atoms with Crippen LogP contribution in [0.3, 0.4) is 0 Å². The number of piperidine rings is 1. The molecule has 3 rings (SSSR count). The highest BCUT2D eigenvalue weighted by Crippen LogP contribution is 2.22. The molecule has 0 spiro atoms. The Balaban J connectivity index is 0.00000110. The summed E-state index contributed by atoms with van der Waals surface area (Å²) >= 11 is 0. The van der Waals surface area contributed by atoms with E-state index >= 15 is 0 Å². The molecule has 1 aromatic carbocycles. The second-order valence-corrected chi connectivity index (χ2v) is 5.72. The molecule has 3 nitrogen and oxygen atoms in total. The zero-order valence-corrected chi connectivity index (χ0v) is 14.2. The van der Waals surface area contributed by atoms with Crippen LogP contribution < -0.4 is 5.32 Å². The fourth-order valence-corrected chi connectivity index (χ4v) is 3.37. The highest BCUT2D eigenvalue weighted by atomic mass is 35.5. The summed E-state index contributed by atoms with van der Waals surface area (Å²) in [5.41, 5.74) is 1.45. The van der Waals surface area contributed by atoms with Crippen molar-refractivity contribution < 1.29 is 0 Å². The molecule has 0 amide bonds. The lowest BCUT2D eigenvalue weighted by Crippen LogP contribution is -2.56. The second kappa shape index (κ2) is 9.65. The van der Waals surface area contributed by atoms with E-state index in [2.05, 4.69) is 45.4 Å². The Morgan fingerprint density at radius 2 is 1.67 bits per heavy atom. The average Bonchev–Trinajstić information content (AvgIpc) is 2.50. The van der Waals surface area contributed by atoms with E-state index in [9.17, 15) is 0 Å². The van der Waals surface area contributed by atoms with E-state index in [0.717, 1.165) is 19.6 Å². The van der Waals surface area contributed by atoms with Gasteiger partial charge in [0.25, 0.3) is 0 Å². The van der Waals surface area contributed by atoms with Crippen LogP contribution in [0.2, 0.25) is 0 Å². The summed E-state index contributed by atoms with van der Waals surface area (Å²) in [4.78, 5) is 5.36. The first kappa shape index (κ1) is 18.7. The average molecular weight is 332 g/mol. The number of hydrogen-bond donors (Lipinski definition) is 1. The molecule has 0 aromatic heterocycles. The van der Waals surface area contributed by atoms with Crippen LogP contribution in [0, 0.1) is 0 Å². The van der Waals surface area contributed by atoms with E-state index in [4.69, 9.17) is 0 Å². The van der Waals surface area contributed by atoms with Gasteiger partial charge in [0, 0.05) is 32.7 Å². The van der Waals surface area contributed by atoms with Crippen LogP contribution in [0.4, 0.5) is 0 Å². The number of nitrogens with one attached hydrogen (secondary N) is 1. The summed E-state index contributed by atoms with van der Waals surface area (Å²) in [6.45, 7) is 7.07. The molecule has 1 atom stereocenters. The van der Waals surface area contributed by atoms with E-state index < -0.39 is 0 Å². The molecule has 2 heterocycles. The third kappa shape index (κ3) is 5.11. The van der Waals surface area contributed by atoms with Crippen molar-refractivity contribution in [3.63, 3.8) is 0 Å². The minimum atomic E-state index is 0.